The second-order valence-corrected chi connectivity index (χ2v) is 7.52. The molecule has 0 radical (unpaired) electrons. The summed E-state index contributed by atoms with van der Waals surface area (Å²) < 4.78 is 0. The first-order valence-corrected chi connectivity index (χ1v) is 10.1. The summed E-state index contributed by atoms with van der Waals surface area (Å²) >= 11 is 0. The van der Waals surface area contributed by atoms with Crippen LogP contribution >= 0.6 is 0 Å². The second-order valence-electron chi connectivity index (χ2n) is 7.52. The van der Waals surface area contributed by atoms with Gasteiger partial charge in [0.05, 0.1) is 17.2 Å². The van der Waals surface area contributed by atoms with Crippen molar-refractivity contribution in [2.75, 3.05) is 19.0 Å². The molecule has 1 heterocycles. The molecule has 0 aliphatic heterocycles. The average molecular weight is 412 g/mol. The number of H-pyrrole nitrogens is 1. The molecule has 5 heteroatoms. The number of hydrogen-bond donors (Lipinski definition) is 1. The molecule has 0 amide bonds. The SMILES string of the molecule is CCc1c(C)[nH]c(=O)c(N(C)C)c1C(=O)c1cccc(/C=C(\C#N)c2ccccc2)c1. The lowest BCUT2D eigenvalue weighted by atomic mass is 9.93. The van der Waals surface area contributed by atoms with Crippen LogP contribution in [0, 0.1) is 18.3 Å². The van der Waals surface area contributed by atoms with Gasteiger partial charge in [0.25, 0.3) is 5.56 Å². The van der Waals surface area contributed by atoms with Gasteiger partial charge in [0.2, 0.25) is 0 Å². The molecular formula is C26H25N3O2. The third-order valence-electron chi connectivity index (χ3n) is 5.20. The fraction of sp³-hybridized carbons (Fsp3) is 0.192. The van der Waals surface area contributed by atoms with Crippen LogP contribution in [0.3, 0.4) is 0 Å². The Morgan fingerprint density at radius 2 is 1.77 bits per heavy atom. The summed E-state index contributed by atoms with van der Waals surface area (Å²) in [6.45, 7) is 3.78. The predicted molar refractivity (Wildman–Crippen MR) is 125 cm³/mol. The minimum absolute atomic E-state index is 0.205. The smallest absolute Gasteiger partial charge is 0.272 e. The van der Waals surface area contributed by atoms with E-state index in [9.17, 15) is 14.9 Å². The molecule has 0 atom stereocenters. The number of rotatable bonds is 6. The molecule has 5 nitrogen and oxygen atoms in total. The summed E-state index contributed by atoms with van der Waals surface area (Å²) in [5, 5.41) is 9.60. The third kappa shape index (κ3) is 4.49. The zero-order chi connectivity index (χ0) is 22.5. The molecule has 0 fully saturated rings. The Hall–Kier alpha value is -3.91. The lowest BCUT2D eigenvalue weighted by Crippen LogP contribution is -2.27. The van der Waals surface area contributed by atoms with Crippen LogP contribution in [0.5, 0.6) is 0 Å². The number of aryl methyl sites for hydroxylation is 1. The molecule has 3 rings (SSSR count). The number of hydrogen-bond acceptors (Lipinski definition) is 4. The number of anilines is 1. The molecule has 0 bridgehead atoms. The number of benzene rings is 2. The summed E-state index contributed by atoms with van der Waals surface area (Å²) in [5.41, 5.74) is 4.59. The van der Waals surface area contributed by atoms with Crippen molar-refractivity contribution in [2.45, 2.75) is 20.3 Å². The normalized spacial score (nSPS) is 11.1. The van der Waals surface area contributed by atoms with Gasteiger partial charge in [0.15, 0.2) is 5.78 Å². The van der Waals surface area contributed by atoms with E-state index in [0.717, 1.165) is 16.7 Å². The van der Waals surface area contributed by atoms with E-state index in [0.29, 0.717) is 34.5 Å². The molecule has 156 valence electrons. The highest BCUT2D eigenvalue weighted by atomic mass is 16.1. The van der Waals surface area contributed by atoms with Crippen LogP contribution in [0.25, 0.3) is 11.6 Å². The van der Waals surface area contributed by atoms with Crippen LogP contribution in [0.4, 0.5) is 5.69 Å². The molecule has 0 spiro atoms. The molecule has 0 aliphatic carbocycles. The molecule has 31 heavy (non-hydrogen) atoms. The van der Waals surface area contributed by atoms with Gasteiger partial charge in [-0.05, 0) is 42.2 Å². The maximum atomic E-state index is 13.6. The molecule has 0 unspecified atom stereocenters. The van der Waals surface area contributed by atoms with Crippen LogP contribution in [-0.2, 0) is 6.42 Å². The average Bonchev–Trinajstić information content (AvgIpc) is 2.77. The van der Waals surface area contributed by atoms with Gasteiger partial charge >= 0.3 is 0 Å². The molecule has 1 N–H and O–H groups in total. The van der Waals surface area contributed by atoms with Gasteiger partial charge in [-0.3, -0.25) is 9.59 Å². The van der Waals surface area contributed by atoms with Gasteiger partial charge in [-0.25, -0.2) is 0 Å². The summed E-state index contributed by atoms with van der Waals surface area (Å²) in [5.74, 6) is -0.205. The summed E-state index contributed by atoms with van der Waals surface area (Å²) in [6, 6.07) is 18.8. The number of aromatic nitrogens is 1. The van der Waals surface area contributed by atoms with Crippen molar-refractivity contribution in [1.82, 2.24) is 4.98 Å². The summed E-state index contributed by atoms with van der Waals surface area (Å²) in [6.07, 6.45) is 2.39. The van der Waals surface area contributed by atoms with E-state index >= 15 is 0 Å². The van der Waals surface area contributed by atoms with Crippen LogP contribution in [0.15, 0.2) is 59.4 Å². The number of pyridine rings is 1. The Kier molecular flexibility index (Phi) is 6.52. The van der Waals surface area contributed by atoms with Crippen LogP contribution in [0.2, 0.25) is 0 Å². The highest BCUT2D eigenvalue weighted by Gasteiger charge is 2.23. The van der Waals surface area contributed by atoms with E-state index in [4.69, 9.17) is 0 Å². The molecule has 3 aromatic rings. The number of nitrogens with zero attached hydrogens (tertiary/aromatic N) is 2. The van der Waals surface area contributed by atoms with Crippen molar-refractivity contribution in [1.29, 1.82) is 5.26 Å². The molecular weight excluding hydrogens is 386 g/mol. The van der Waals surface area contributed by atoms with E-state index in [2.05, 4.69) is 11.1 Å². The van der Waals surface area contributed by atoms with Gasteiger partial charge in [-0.15, -0.1) is 0 Å². The van der Waals surface area contributed by atoms with Crippen molar-refractivity contribution in [3.63, 3.8) is 0 Å². The first-order valence-electron chi connectivity index (χ1n) is 10.1. The molecule has 0 saturated heterocycles. The highest BCUT2D eigenvalue weighted by Crippen LogP contribution is 2.26. The van der Waals surface area contributed by atoms with Gasteiger partial charge in [-0.2, -0.15) is 5.26 Å². The van der Waals surface area contributed by atoms with Gasteiger partial charge in [-0.1, -0.05) is 55.5 Å². The Balaban J connectivity index is 2.13. The number of aromatic amines is 1. The second kappa shape index (κ2) is 9.27. The number of allylic oxidation sites excluding steroid dienone is 1. The van der Waals surface area contributed by atoms with E-state index in [-0.39, 0.29) is 11.3 Å². The third-order valence-corrected chi connectivity index (χ3v) is 5.20. The van der Waals surface area contributed by atoms with E-state index in [1.54, 1.807) is 43.3 Å². The lowest BCUT2D eigenvalue weighted by molar-refractivity contribution is 0.103. The number of nitriles is 1. The number of ketones is 1. The van der Waals surface area contributed by atoms with Crippen molar-refractivity contribution < 1.29 is 4.79 Å². The van der Waals surface area contributed by atoms with Crippen LogP contribution in [-0.4, -0.2) is 24.9 Å². The van der Waals surface area contributed by atoms with E-state index < -0.39 is 0 Å². The molecule has 1 aromatic heterocycles. The van der Waals surface area contributed by atoms with Crippen LogP contribution in [0.1, 0.15) is 45.2 Å². The lowest BCUT2D eigenvalue weighted by Gasteiger charge is -2.20. The van der Waals surface area contributed by atoms with Crippen molar-refractivity contribution in [2.24, 2.45) is 0 Å². The Morgan fingerprint density at radius 1 is 1.10 bits per heavy atom. The molecule has 2 aromatic carbocycles. The summed E-state index contributed by atoms with van der Waals surface area (Å²) in [4.78, 5) is 30.7. The zero-order valence-corrected chi connectivity index (χ0v) is 18.2. The predicted octanol–water partition coefficient (Wildman–Crippen LogP) is 4.61. The van der Waals surface area contributed by atoms with Crippen molar-refractivity contribution in [3.05, 3.63) is 98.5 Å². The van der Waals surface area contributed by atoms with E-state index in [1.807, 2.05) is 50.2 Å². The van der Waals surface area contributed by atoms with Crippen molar-refractivity contribution >= 4 is 23.1 Å². The maximum Gasteiger partial charge on any atom is 0.272 e. The summed E-state index contributed by atoms with van der Waals surface area (Å²) in [7, 11) is 3.52. The first-order chi connectivity index (χ1) is 14.9. The topological polar surface area (TPSA) is 77.0 Å². The van der Waals surface area contributed by atoms with Gasteiger partial charge in [0, 0.05) is 25.4 Å². The number of nitrogens with one attached hydrogen (secondary N) is 1. The monoisotopic (exact) mass is 411 g/mol. The number of carbonyl (C=O) groups excluding carboxylic acids is 1. The molecule has 0 saturated carbocycles. The Labute approximate surface area is 182 Å². The minimum atomic E-state index is -0.282. The fourth-order valence-electron chi connectivity index (χ4n) is 3.74. The largest absolute Gasteiger partial charge is 0.373 e. The highest BCUT2D eigenvalue weighted by molar-refractivity contribution is 6.13. The minimum Gasteiger partial charge on any atom is -0.373 e. The zero-order valence-electron chi connectivity index (χ0n) is 18.2. The maximum absolute atomic E-state index is 13.6. The first kappa shape index (κ1) is 21.8. The van der Waals surface area contributed by atoms with Gasteiger partial charge in [0.1, 0.15) is 5.69 Å². The fourth-order valence-corrected chi connectivity index (χ4v) is 3.74. The van der Waals surface area contributed by atoms with Gasteiger partial charge < -0.3 is 9.88 Å². The quantitative estimate of drug-likeness (QED) is 0.365. The Bertz CT molecular complexity index is 1250. The molecule has 0 aliphatic rings. The Morgan fingerprint density at radius 3 is 2.39 bits per heavy atom. The number of carbonyl (C=O) groups is 1. The van der Waals surface area contributed by atoms with Crippen molar-refractivity contribution in [3.8, 4) is 6.07 Å². The standard InChI is InChI=1S/C26H25N3O2/c1-5-22-17(2)28-26(31)24(29(3)4)23(22)25(30)20-13-9-10-18(14-20)15-21(16-27)19-11-7-6-8-12-19/h6-15H,5H2,1-4H3,(H,28,31)/b21-15+. The van der Waals surface area contributed by atoms with E-state index in [1.165, 1.54) is 0 Å². The van der Waals surface area contributed by atoms with Crippen LogP contribution < -0.4 is 10.5 Å².